The van der Waals surface area contributed by atoms with Gasteiger partial charge in [0.15, 0.2) is 22.3 Å². The van der Waals surface area contributed by atoms with Crippen molar-refractivity contribution in [3.05, 3.63) is 47.0 Å². The minimum atomic E-state index is -1.05. The van der Waals surface area contributed by atoms with Gasteiger partial charge in [0.1, 0.15) is 5.52 Å². The SMILES string of the molecule is CCC(=O)NC(=S)Nc1ccc2oc(-c3cc(F)c(F)cc3Cl)nc2c1. The molecule has 1 amide bonds. The number of hydrogen-bond donors (Lipinski definition) is 2. The summed E-state index contributed by atoms with van der Waals surface area (Å²) in [6.45, 7) is 1.71. The Balaban J connectivity index is 1.89. The molecule has 3 aromatic rings. The second-order valence-corrected chi connectivity index (χ2v) is 6.12. The first-order valence-electron chi connectivity index (χ1n) is 7.53. The monoisotopic (exact) mass is 395 g/mol. The Labute approximate surface area is 157 Å². The Morgan fingerprint density at radius 2 is 2.00 bits per heavy atom. The third kappa shape index (κ3) is 3.81. The maximum Gasteiger partial charge on any atom is 0.228 e. The van der Waals surface area contributed by atoms with E-state index in [1.807, 2.05) is 0 Å². The second-order valence-electron chi connectivity index (χ2n) is 5.30. The molecule has 2 aromatic carbocycles. The maximum absolute atomic E-state index is 13.5. The van der Waals surface area contributed by atoms with E-state index in [0.717, 1.165) is 12.1 Å². The summed E-state index contributed by atoms with van der Waals surface area (Å²) < 4.78 is 32.2. The van der Waals surface area contributed by atoms with Crippen molar-refractivity contribution in [1.29, 1.82) is 0 Å². The molecule has 0 aliphatic heterocycles. The number of oxazole rings is 1. The number of nitrogens with one attached hydrogen (secondary N) is 2. The highest BCUT2D eigenvalue weighted by atomic mass is 35.5. The molecule has 5 nitrogen and oxygen atoms in total. The minimum absolute atomic E-state index is 0.0164. The number of anilines is 1. The topological polar surface area (TPSA) is 67.2 Å². The van der Waals surface area contributed by atoms with Crippen LogP contribution in [0.25, 0.3) is 22.6 Å². The molecular formula is C17H12ClF2N3O2S. The molecule has 134 valence electrons. The number of nitrogens with zero attached hydrogens (tertiary/aromatic N) is 1. The summed E-state index contributed by atoms with van der Waals surface area (Å²) in [6, 6.07) is 6.74. The molecule has 0 atom stereocenters. The van der Waals surface area contributed by atoms with Crippen molar-refractivity contribution in [2.75, 3.05) is 5.32 Å². The maximum atomic E-state index is 13.5. The minimum Gasteiger partial charge on any atom is -0.436 e. The summed E-state index contributed by atoms with van der Waals surface area (Å²) >= 11 is 11.0. The highest BCUT2D eigenvalue weighted by Gasteiger charge is 2.16. The molecule has 0 fully saturated rings. The zero-order valence-electron chi connectivity index (χ0n) is 13.4. The number of fused-ring (bicyclic) bond motifs is 1. The second kappa shape index (κ2) is 7.35. The summed E-state index contributed by atoms with van der Waals surface area (Å²) in [4.78, 5) is 15.6. The van der Waals surface area contributed by atoms with Gasteiger partial charge in [-0.1, -0.05) is 18.5 Å². The van der Waals surface area contributed by atoms with Crippen molar-refractivity contribution in [1.82, 2.24) is 10.3 Å². The molecule has 0 aliphatic carbocycles. The van der Waals surface area contributed by atoms with Gasteiger partial charge in [-0.25, -0.2) is 13.8 Å². The van der Waals surface area contributed by atoms with Crippen LogP contribution in [0.1, 0.15) is 13.3 Å². The largest absolute Gasteiger partial charge is 0.436 e. The van der Waals surface area contributed by atoms with E-state index in [1.54, 1.807) is 25.1 Å². The third-order valence-corrected chi connectivity index (χ3v) is 3.98. The number of hydrogen-bond acceptors (Lipinski definition) is 4. The number of thiocarbonyl (C=S) groups is 1. The van der Waals surface area contributed by atoms with Crippen LogP contribution in [0.5, 0.6) is 0 Å². The number of carbonyl (C=O) groups excluding carboxylic acids is 1. The molecule has 1 heterocycles. The molecular weight excluding hydrogens is 384 g/mol. The van der Waals surface area contributed by atoms with Gasteiger partial charge >= 0.3 is 0 Å². The lowest BCUT2D eigenvalue weighted by atomic mass is 10.2. The first-order chi connectivity index (χ1) is 12.4. The Morgan fingerprint density at radius 1 is 1.27 bits per heavy atom. The van der Waals surface area contributed by atoms with Crippen LogP contribution in [-0.4, -0.2) is 16.0 Å². The summed E-state index contributed by atoms with van der Waals surface area (Å²) in [5.74, 6) is -2.25. The van der Waals surface area contributed by atoms with E-state index in [9.17, 15) is 13.6 Å². The number of amides is 1. The van der Waals surface area contributed by atoms with Crippen molar-refractivity contribution < 1.29 is 18.0 Å². The fourth-order valence-electron chi connectivity index (χ4n) is 2.18. The van der Waals surface area contributed by atoms with Gasteiger partial charge in [-0.15, -0.1) is 0 Å². The van der Waals surface area contributed by atoms with E-state index in [-0.39, 0.29) is 27.5 Å². The molecule has 0 saturated heterocycles. The number of halogens is 3. The highest BCUT2D eigenvalue weighted by Crippen LogP contribution is 2.32. The molecule has 3 rings (SSSR count). The Hall–Kier alpha value is -2.58. The van der Waals surface area contributed by atoms with Crippen LogP contribution in [0.3, 0.4) is 0 Å². The first-order valence-corrected chi connectivity index (χ1v) is 8.32. The first kappa shape index (κ1) is 18.2. The summed E-state index contributed by atoms with van der Waals surface area (Å²) in [7, 11) is 0. The molecule has 0 spiro atoms. The van der Waals surface area contributed by atoms with Gasteiger partial charge in [0.2, 0.25) is 11.8 Å². The lowest BCUT2D eigenvalue weighted by molar-refractivity contribution is -0.119. The predicted molar refractivity (Wildman–Crippen MR) is 99.0 cm³/mol. The fraction of sp³-hybridized carbons (Fsp3) is 0.118. The predicted octanol–water partition coefficient (Wildman–Crippen LogP) is 4.65. The zero-order valence-corrected chi connectivity index (χ0v) is 15.0. The normalized spacial score (nSPS) is 10.8. The van der Waals surface area contributed by atoms with E-state index in [1.165, 1.54) is 0 Å². The van der Waals surface area contributed by atoms with Gasteiger partial charge in [0.25, 0.3) is 0 Å². The number of aromatic nitrogens is 1. The van der Waals surface area contributed by atoms with Crippen LogP contribution in [0.15, 0.2) is 34.7 Å². The van der Waals surface area contributed by atoms with Crippen molar-refractivity contribution in [2.24, 2.45) is 0 Å². The van der Waals surface area contributed by atoms with Crippen molar-refractivity contribution in [3.63, 3.8) is 0 Å². The van der Waals surface area contributed by atoms with Gasteiger partial charge in [-0.2, -0.15) is 0 Å². The van der Waals surface area contributed by atoms with Crippen LogP contribution in [0.2, 0.25) is 5.02 Å². The van der Waals surface area contributed by atoms with E-state index in [2.05, 4.69) is 15.6 Å². The Bertz CT molecular complexity index is 1020. The smallest absolute Gasteiger partial charge is 0.228 e. The van der Waals surface area contributed by atoms with E-state index >= 15 is 0 Å². The van der Waals surface area contributed by atoms with Crippen molar-refractivity contribution in [2.45, 2.75) is 13.3 Å². The molecule has 0 saturated carbocycles. The van der Waals surface area contributed by atoms with Crippen LogP contribution < -0.4 is 10.6 Å². The molecule has 0 bridgehead atoms. The van der Waals surface area contributed by atoms with Crippen molar-refractivity contribution in [3.8, 4) is 11.5 Å². The summed E-state index contributed by atoms with van der Waals surface area (Å²) in [6.07, 6.45) is 0.308. The van der Waals surface area contributed by atoms with Gasteiger partial charge in [0, 0.05) is 12.1 Å². The van der Waals surface area contributed by atoms with E-state index in [0.29, 0.717) is 23.2 Å². The molecule has 0 radical (unpaired) electrons. The molecule has 1 aromatic heterocycles. The van der Waals surface area contributed by atoms with Gasteiger partial charge in [-0.3, -0.25) is 4.79 Å². The Kier molecular flexibility index (Phi) is 5.15. The van der Waals surface area contributed by atoms with Crippen LogP contribution in [-0.2, 0) is 4.79 Å². The molecule has 0 unspecified atom stereocenters. The highest BCUT2D eigenvalue weighted by molar-refractivity contribution is 7.80. The lowest BCUT2D eigenvalue weighted by Gasteiger charge is -2.08. The van der Waals surface area contributed by atoms with E-state index < -0.39 is 11.6 Å². The standard InChI is InChI=1S/C17H12ClF2N3O2S/c1-2-15(24)23-17(26)21-8-3-4-14-13(5-8)22-16(25-14)9-6-11(19)12(20)7-10(9)18/h3-7H,2H2,1H3,(H2,21,23,24,26). The fourth-order valence-corrected chi connectivity index (χ4v) is 2.65. The molecule has 0 aliphatic rings. The summed E-state index contributed by atoms with van der Waals surface area (Å²) in [5.41, 5.74) is 1.60. The molecule has 2 N–H and O–H groups in total. The zero-order chi connectivity index (χ0) is 18.8. The Morgan fingerprint density at radius 3 is 2.73 bits per heavy atom. The number of carbonyl (C=O) groups is 1. The van der Waals surface area contributed by atoms with E-state index in [4.69, 9.17) is 28.2 Å². The molecule has 9 heteroatoms. The van der Waals surface area contributed by atoms with Crippen LogP contribution in [0, 0.1) is 11.6 Å². The quantitative estimate of drug-likeness (QED) is 0.499. The average molecular weight is 396 g/mol. The average Bonchev–Trinajstić information content (AvgIpc) is 3.00. The molecule has 26 heavy (non-hydrogen) atoms. The van der Waals surface area contributed by atoms with Crippen LogP contribution in [0.4, 0.5) is 14.5 Å². The number of rotatable bonds is 3. The third-order valence-electron chi connectivity index (χ3n) is 3.46. The van der Waals surface area contributed by atoms with Gasteiger partial charge < -0.3 is 15.1 Å². The lowest BCUT2D eigenvalue weighted by Crippen LogP contribution is -2.33. The van der Waals surface area contributed by atoms with Gasteiger partial charge in [0.05, 0.1) is 10.6 Å². The summed E-state index contributed by atoms with van der Waals surface area (Å²) in [5, 5.41) is 5.52. The number of benzene rings is 2. The van der Waals surface area contributed by atoms with Gasteiger partial charge in [-0.05, 0) is 42.5 Å². The van der Waals surface area contributed by atoms with Crippen molar-refractivity contribution >= 4 is 51.6 Å². The van der Waals surface area contributed by atoms with Crippen LogP contribution >= 0.6 is 23.8 Å².